The molecule has 0 spiro atoms. The van der Waals surface area contributed by atoms with Gasteiger partial charge in [0.05, 0.1) is 11.3 Å². The Hall–Kier alpha value is 0.190. The van der Waals surface area contributed by atoms with Crippen molar-refractivity contribution in [2.45, 2.75) is 12.2 Å². The molecule has 0 saturated heterocycles. The van der Waals surface area contributed by atoms with Gasteiger partial charge in [-0.1, -0.05) is 21.6 Å². The Bertz CT molecular complexity index is 76.2. The molecule has 1 atom stereocenters. The molecule has 0 N–H and O–H groups in total. The van der Waals surface area contributed by atoms with Crippen LogP contribution >= 0.6 is 21.6 Å². The highest BCUT2D eigenvalue weighted by atomic mass is 33.1. The summed E-state index contributed by atoms with van der Waals surface area (Å²) < 4.78 is 0. The van der Waals surface area contributed by atoms with Gasteiger partial charge < -0.3 is 0 Å². The fraction of sp³-hybridized carbons (Fsp3) is 0.750. The van der Waals surface area contributed by atoms with Crippen molar-refractivity contribution in [3.8, 4) is 6.07 Å². The van der Waals surface area contributed by atoms with Crippen molar-refractivity contribution in [2.75, 3.05) is 6.26 Å². The summed E-state index contributed by atoms with van der Waals surface area (Å²) in [5, 5.41) is 8.32. The fourth-order valence-corrected chi connectivity index (χ4v) is 1.49. The Morgan fingerprint density at radius 1 is 1.71 bits per heavy atom. The summed E-state index contributed by atoms with van der Waals surface area (Å²) in [5.41, 5.74) is 0. The Morgan fingerprint density at radius 2 is 2.29 bits per heavy atom. The molecule has 3 heteroatoms. The fourth-order valence-electron chi connectivity index (χ4n) is 0.166. The van der Waals surface area contributed by atoms with Gasteiger partial charge in [0.2, 0.25) is 0 Å². The zero-order chi connectivity index (χ0) is 5.70. The Kier molecular flexibility index (Phi) is 4.47. The summed E-state index contributed by atoms with van der Waals surface area (Å²) in [6.45, 7) is 1.89. The number of hydrogen-bond donors (Lipinski definition) is 0. The molecule has 0 rings (SSSR count). The Morgan fingerprint density at radius 3 is 2.43 bits per heavy atom. The third kappa shape index (κ3) is 4.03. The van der Waals surface area contributed by atoms with Gasteiger partial charge in [0.1, 0.15) is 0 Å². The summed E-state index contributed by atoms with van der Waals surface area (Å²) in [6, 6.07) is 2.11. The first-order valence-corrected chi connectivity index (χ1v) is 4.52. The molecule has 0 aliphatic heterocycles. The molecule has 0 unspecified atom stereocenters. The highest BCUT2D eigenvalue weighted by molar-refractivity contribution is 8.76. The predicted molar refractivity (Wildman–Crippen MR) is 36.2 cm³/mol. The molecule has 40 valence electrons. The van der Waals surface area contributed by atoms with E-state index < -0.39 is 0 Å². The molecule has 0 amide bonds. The molecule has 0 fully saturated rings. The van der Waals surface area contributed by atoms with Crippen molar-refractivity contribution >= 4 is 21.6 Å². The normalized spacial score (nSPS) is 12.7. The van der Waals surface area contributed by atoms with Crippen LogP contribution in [0.4, 0.5) is 0 Å². The zero-order valence-corrected chi connectivity index (χ0v) is 5.97. The quantitative estimate of drug-likeness (QED) is 0.538. The SMILES string of the molecule is CSS[C@@H](C)C#N. The number of hydrogen-bond acceptors (Lipinski definition) is 3. The molecule has 7 heavy (non-hydrogen) atoms. The van der Waals surface area contributed by atoms with Gasteiger partial charge >= 0.3 is 0 Å². The van der Waals surface area contributed by atoms with Gasteiger partial charge in [-0.15, -0.1) is 0 Å². The molecule has 0 aliphatic rings. The lowest BCUT2D eigenvalue weighted by Crippen LogP contribution is -1.83. The van der Waals surface area contributed by atoms with E-state index in [1.54, 1.807) is 21.6 Å². The maximum atomic E-state index is 8.18. The second-order valence-electron chi connectivity index (χ2n) is 1.03. The topological polar surface area (TPSA) is 23.8 Å². The van der Waals surface area contributed by atoms with Crippen LogP contribution < -0.4 is 0 Å². The standard InChI is InChI=1S/C4H7NS2/c1-4(3-5)7-6-2/h4H,1-2H3/t4-/m0/s1. The summed E-state index contributed by atoms with van der Waals surface area (Å²) in [4.78, 5) is 0. The highest BCUT2D eigenvalue weighted by Gasteiger charge is 1.94. The highest BCUT2D eigenvalue weighted by Crippen LogP contribution is 2.21. The Labute approximate surface area is 51.9 Å². The average molecular weight is 133 g/mol. The first-order valence-electron chi connectivity index (χ1n) is 1.90. The molecule has 0 saturated carbocycles. The number of nitriles is 1. The molecule has 0 aromatic carbocycles. The van der Waals surface area contributed by atoms with E-state index in [2.05, 4.69) is 6.07 Å². The van der Waals surface area contributed by atoms with Crippen LogP contribution in [0, 0.1) is 11.3 Å². The van der Waals surface area contributed by atoms with Crippen LogP contribution in [0.25, 0.3) is 0 Å². The van der Waals surface area contributed by atoms with Crippen LogP contribution in [-0.4, -0.2) is 11.5 Å². The lowest BCUT2D eigenvalue weighted by Gasteiger charge is -1.92. The van der Waals surface area contributed by atoms with E-state index in [9.17, 15) is 0 Å². The first-order chi connectivity index (χ1) is 3.31. The van der Waals surface area contributed by atoms with E-state index in [-0.39, 0.29) is 5.25 Å². The summed E-state index contributed by atoms with van der Waals surface area (Å²) in [6.07, 6.45) is 1.97. The smallest absolute Gasteiger partial charge is 0.0991 e. The number of rotatable bonds is 2. The molecule has 0 bridgehead atoms. The largest absolute Gasteiger partial charge is 0.197 e. The third-order valence-electron chi connectivity index (χ3n) is 0.422. The lowest BCUT2D eigenvalue weighted by molar-refractivity contribution is 1.25. The van der Waals surface area contributed by atoms with Crippen LogP contribution in [0.5, 0.6) is 0 Å². The van der Waals surface area contributed by atoms with E-state index in [1.807, 2.05) is 13.2 Å². The molecule has 0 radical (unpaired) electrons. The van der Waals surface area contributed by atoms with Crippen LogP contribution in [0.2, 0.25) is 0 Å². The minimum Gasteiger partial charge on any atom is -0.197 e. The average Bonchev–Trinajstić information content (AvgIpc) is 1.68. The number of nitrogens with zero attached hydrogens (tertiary/aromatic N) is 1. The first kappa shape index (κ1) is 7.19. The molecular weight excluding hydrogens is 126 g/mol. The van der Waals surface area contributed by atoms with Gasteiger partial charge in [-0.3, -0.25) is 0 Å². The molecule has 1 nitrogen and oxygen atoms in total. The second-order valence-corrected chi connectivity index (χ2v) is 3.84. The second kappa shape index (κ2) is 4.35. The van der Waals surface area contributed by atoms with Gasteiger partial charge in [-0.2, -0.15) is 5.26 Å². The van der Waals surface area contributed by atoms with Crippen molar-refractivity contribution < 1.29 is 0 Å². The van der Waals surface area contributed by atoms with E-state index in [1.165, 1.54) is 0 Å². The van der Waals surface area contributed by atoms with Gasteiger partial charge in [0, 0.05) is 0 Å². The lowest BCUT2D eigenvalue weighted by atomic mass is 10.5. The maximum Gasteiger partial charge on any atom is 0.0991 e. The maximum absolute atomic E-state index is 8.18. The van der Waals surface area contributed by atoms with Gasteiger partial charge in [-0.25, -0.2) is 0 Å². The van der Waals surface area contributed by atoms with Crippen molar-refractivity contribution in [3.63, 3.8) is 0 Å². The monoisotopic (exact) mass is 133 g/mol. The third-order valence-corrected chi connectivity index (χ3v) is 2.45. The molecular formula is C4H7NS2. The predicted octanol–water partition coefficient (Wildman–Crippen LogP) is 1.91. The van der Waals surface area contributed by atoms with Crippen molar-refractivity contribution in [1.29, 1.82) is 5.26 Å². The van der Waals surface area contributed by atoms with E-state index in [0.29, 0.717) is 0 Å². The Balaban J connectivity index is 3.04. The van der Waals surface area contributed by atoms with E-state index in [4.69, 9.17) is 5.26 Å². The summed E-state index contributed by atoms with van der Waals surface area (Å²) >= 11 is 0. The van der Waals surface area contributed by atoms with Gasteiger partial charge in [0.25, 0.3) is 0 Å². The summed E-state index contributed by atoms with van der Waals surface area (Å²) in [7, 11) is 3.22. The van der Waals surface area contributed by atoms with Crippen molar-refractivity contribution in [1.82, 2.24) is 0 Å². The van der Waals surface area contributed by atoms with Gasteiger partial charge in [0.15, 0.2) is 0 Å². The van der Waals surface area contributed by atoms with Gasteiger partial charge in [-0.05, 0) is 13.2 Å². The van der Waals surface area contributed by atoms with Crippen LogP contribution in [-0.2, 0) is 0 Å². The van der Waals surface area contributed by atoms with Crippen molar-refractivity contribution in [3.05, 3.63) is 0 Å². The summed E-state index contributed by atoms with van der Waals surface area (Å²) in [5.74, 6) is 0. The molecule has 0 heterocycles. The van der Waals surface area contributed by atoms with Crippen molar-refractivity contribution in [2.24, 2.45) is 0 Å². The zero-order valence-electron chi connectivity index (χ0n) is 4.34. The minimum absolute atomic E-state index is 0.134. The van der Waals surface area contributed by atoms with E-state index in [0.717, 1.165) is 0 Å². The molecule has 0 aromatic rings. The molecule has 0 aromatic heterocycles. The van der Waals surface area contributed by atoms with Crippen LogP contribution in [0.3, 0.4) is 0 Å². The minimum atomic E-state index is 0.134. The molecule has 0 aliphatic carbocycles. The van der Waals surface area contributed by atoms with Crippen LogP contribution in [0.15, 0.2) is 0 Å². The van der Waals surface area contributed by atoms with E-state index >= 15 is 0 Å². The van der Waals surface area contributed by atoms with Crippen LogP contribution in [0.1, 0.15) is 6.92 Å².